The van der Waals surface area contributed by atoms with E-state index in [0.29, 0.717) is 6.04 Å². The normalized spacial score (nSPS) is 13.1. The van der Waals surface area contributed by atoms with Crippen molar-refractivity contribution >= 4 is 0 Å². The first-order valence-electron chi connectivity index (χ1n) is 5.84. The van der Waals surface area contributed by atoms with Gasteiger partial charge in [0.2, 0.25) is 0 Å². The molecule has 1 aromatic heterocycles. The molecule has 0 aliphatic carbocycles. The Morgan fingerprint density at radius 1 is 1.47 bits per heavy atom. The first-order valence-corrected chi connectivity index (χ1v) is 5.84. The standard InChI is InChI=1S/C12H23N3/c1-5-12(13-4)7-6-8-15-9-14-10(2)11(15)3/h9,12-13H,5-8H2,1-4H3. The van der Waals surface area contributed by atoms with Crippen LogP contribution in [0.1, 0.15) is 37.6 Å². The molecule has 1 rings (SSSR count). The van der Waals surface area contributed by atoms with Gasteiger partial charge < -0.3 is 9.88 Å². The number of aromatic nitrogens is 2. The maximum atomic E-state index is 4.30. The van der Waals surface area contributed by atoms with E-state index in [0.717, 1.165) is 12.2 Å². The van der Waals surface area contributed by atoms with Gasteiger partial charge in [-0.05, 0) is 40.2 Å². The Morgan fingerprint density at radius 2 is 2.20 bits per heavy atom. The highest BCUT2D eigenvalue weighted by Crippen LogP contribution is 2.08. The summed E-state index contributed by atoms with van der Waals surface area (Å²) in [4.78, 5) is 4.30. The van der Waals surface area contributed by atoms with Crippen LogP contribution in [-0.2, 0) is 6.54 Å². The molecule has 86 valence electrons. The first kappa shape index (κ1) is 12.2. The molecule has 0 aliphatic rings. The second kappa shape index (κ2) is 5.91. The molecule has 1 heterocycles. The highest BCUT2D eigenvalue weighted by molar-refractivity contribution is 5.08. The van der Waals surface area contributed by atoms with Crippen LogP contribution in [0.2, 0.25) is 0 Å². The smallest absolute Gasteiger partial charge is 0.0951 e. The van der Waals surface area contributed by atoms with Crippen LogP contribution in [0.4, 0.5) is 0 Å². The van der Waals surface area contributed by atoms with Gasteiger partial charge in [-0.1, -0.05) is 6.92 Å². The summed E-state index contributed by atoms with van der Waals surface area (Å²) in [5, 5.41) is 3.33. The van der Waals surface area contributed by atoms with Gasteiger partial charge in [0, 0.05) is 18.3 Å². The molecule has 0 radical (unpaired) electrons. The summed E-state index contributed by atoms with van der Waals surface area (Å²) in [6, 6.07) is 0.662. The predicted octanol–water partition coefficient (Wildman–Crippen LogP) is 2.28. The molecule has 1 atom stereocenters. The molecular weight excluding hydrogens is 186 g/mol. The third-order valence-corrected chi connectivity index (χ3v) is 3.20. The lowest BCUT2D eigenvalue weighted by atomic mass is 10.1. The highest BCUT2D eigenvalue weighted by atomic mass is 15.0. The third-order valence-electron chi connectivity index (χ3n) is 3.20. The van der Waals surface area contributed by atoms with Gasteiger partial charge >= 0.3 is 0 Å². The number of imidazole rings is 1. The monoisotopic (exact) mass is 209 g/mol. The fourth-order valence-corrected chi connectivity index (χ4v) is 1.83. The fraction of sp³-hybridized carbons (Fsp3) is 0.750. The van der Waals surface area contributed by atoms with Crippen LogP contribution in [-0.4, -0.2) is 22.6 Å². The second-order valence-electron chi connectivity index (χ2n) is 4.14. The summed E-state index contributed by atoms with van der Waals surface area (Å²) < 4.78 is 2.25. The lowest BCUT2D eigenvalue weighted by molar-refractivity contribution is 0.466. The lowest BCUT2D eigenvalue weighted by Crippen LogP contribution is -2.24. The zero-order chi connectivity index (χ0) is 11.3. The Kier molecular flexibility index (Phi) is 4.82. The summed E-state index contributed by atoms with van der Waals surface area (Å²) in [6.45, 7) is 7.52. The van der Waals surface area contributed by atoms with Crippen LogP contribution in [0.5, 0.6) is 0 Å². The Morgan fingerprint density at radius 3 is 2.67 bits per heavy atom. The Bertz CT molecular complexity index is 287. The van der Waals surface area contributed by atoms with Crippen LogP contribution in [0.25, 0.3) is 0 Å². The minimum atomic E-state index is 0.662. The van der Waals surface area contributed by atoms with Crippen molar-refractivity contribution in [3.8, 4) is 0 Å². The van der Waals surface area contributed by atoms with E-state index in [4.69, 9.17) is 0 Å². The minimum absolute atomic E-state index is 0.662. The Balaban J connectivity index is 2.34. The SMILES string of the molecule is CCC(CCCn1cnc(C)c1C)NC. The Labute approximate surface area is 92.9 Å². The quantitative estimate of drug-likeness (QED) is 0.779. The van der Waals surface area contributed by atoms with E-state index >= 15 is 0 Å². The molecule has 3 nitrogen and oxygen atoms in total. The molecular formula is C12H23N3. The van der Waals surface area contributed by atoms with Crippen LogP contribution in [0.3, 0.4) is 0 Å². The lowest BCUT2D eigenvalue weighted by Gasteiger charge is -2.13. The van der Waals surface area contributed by atoms with Crippen molar-refractivity contribution in [1.82, 2.24) is 14.9 Å². The molecule has 0 spiro atoms. The molecule has 0 fully saturated rings. The average molecular weight is 209 g/mol. The van der Waals surface area contributed by atoms with Gasteiger partial charge in [0.05, 0.1) is 12.0 Å². The van der Waals surface area contributed by atoms with E-state index in [9.17, 15) is 0 Å². The molecule has 1 aromatic rings. The molecule has 1 N–H and O–H groups in total. The molecule has 1 unspecified atom stereocenters. The third kappa shape index (κ3) is 3.34. The number of hydrogen-bond acceptors (Lipinski definition) is 2. The fourth-order valence-electron chi connectivity index (χ4n) is 1.83. The van der Waals surface area contributed by atoms with Crippen LogP contribution >= 0.6 is 0 Å². The van der Waals surface area contributed by atoms with Crippen molar-refractivity contribution in [2.75, 3.05) is 7.05 Å². The van der Waals surface area contributed by atoms with Crippen molar-refractivity contribution in [3.63, 3.8) is 0 Å². The van der Waals surface area contributed by atoms with E-state index < -0.39 is 0 Å². The van der Waals surface area contributed by atoms with Crippen molar-refractivity contribution in [3.05, 3.63) is 17.7 Å². The number of rotatable bonds is 6. The summed E-state index contributed by atoms with van der Waals surface area (Å²) >= 11 is 0. The molecule has 0 aliphatic heterocycles. The zero-order valence-electron chi connectivity index (χ0n) is 10.4. The van der Waals surface area contributed by atoms with Gasteiger partial charge in [-0.3, -0.25) is 0 Å². The number of aryl methyl sites for hydroxylation is 2. The summed E-state index contributed by atoms with van der Waals surface area (Å²) in [7, 11) is 2.04. The molecule has 3 heteroatoms. The van der Waals surface area contributed by atoms with Crippen LogP contribution in [0, 0.1) is 13.8 Å². The van der Waals surface area contributed by atoms with E-state index in [1.165, 1.54) is 25.0 Å². The highest BCUT2D eigenvalue weighted by Gasteiger charge is 2.04. The van der Waals surface area contributed by atoms with Gasteiger partial charge in [0.25, 0.3) is 0 Å². The van der Waals surface area contributed by atoms with Gasteiger partial charge in [-0.25, -0.2) is 4.98 Å². The van der Waals surface area contributed by atoms with Crippen LogP contribution < -0.4 is 5.32 Å². The second-order valence-corrected chi connectivity index (χ2v) is 4.14. The number of nitrogens with one attached hydrogen (secondary N) is 1. The summed E-state index contributed by atoms with van der Waals surface area (Å²) in [5.74, 6) is 0. The maximum Gasteiger partial charge on any atom is 0.0951 e. The largest absolute Gasteiger partial charge is 0.335 e. The maximum absolute atomic E-state index is 4.30. The van der Waals surface area contributed by atoms with E-state index in [1.807, 2.05) is 13.4 Å². The molecule has 0 saturated heterocycles. The van der Waals surface area contributed by atoms with Gasteiger partial charge in [-0.2, -0.15) is 0 Å². The van der Waals surface area contributed by atoms with Gasteiger partial charge in [-0.15, -0.1) is 0 Å². The van der Waals surface area contributed by atoms with Crippen molar-refractivity contribution in [2.24, 2.45) is 0 Å². The predicted molar refractivity (Wildman–Crippen MR) is 64.1 cm³/mol. The van der Waals surface area contributed by atoms with Crippen LogP contribution in [0.15, 0.2) is 6.33 Å². The summed E-state index contributed by atoms with van der Waals surface area (Å²) in [6.07, 6.45) is 5.61. The van der Waals surface area contributed by atoms with E-state index in [2.05, 4.69) is 35.6 Å². The van der Waals surface area contributed by atoms with Crippen molar-refractivity contribution in [2.45, 2.75) is 52.6 Å². The summed E-state index contributed by atoms with van der Waals surface area (Å²) in [5.41, 5.74) is 2.45. The van der Waals surface area contributed by atoms with Gasteiger partial charge in [0.15, 0.2) is 0 Å². The molecule has 15 heavy (non-hydrogen) atoms. The first-order chi connectivity index (χ1) is 7.19. The van der Waals surface area contributed by atoms with Crippen molar-refractivity contribution in [1.29, 1.82) is 0 Å². The average Bonchev–Trinajstić information content (AvgIpc) is 2.56. The molecule has 0 bridgehead atoms. The Hall–Kier alpha value is -0.830. The zero-order valence-corrected chi connectivity index (χ0v) is 10.4. The molecule has 0 saturated carbocycles. The minimum Gasteiger partial charge on any atom is -0.335 e. The van der Waals surface area contributed by atoms with Crippen molar-refractivity contribution < 1.29 is 0 Å². The number of hydrogen-bond donors (Lipinski definition) is 1. The molecule has 0 amide bonds. The molecule has 0 aromatic carbocycles. The van der Waals surface area contributed by atoms with E-state index in [1.54, 1.807) is 0 Å². The topological polar surface area (TPSA) is 29.9 Å². The van der Waals surface area contributed by atoms with Gasteiger partial charge in [0.1, 0.15) is 0 Å². The van der Waals surface area contributed by atoms with E-state index in [-0.39, 0.29) is 0 Å². The number of nitrogens with zero attached hydrogens (tertiary/aromatic N) is 2.